The van der Waals surface area contributed by atoms with Crippen molar-refractivity contribution in [2.75, 3.05) is 20.3 Å². The fourth-order valence-corrected chi connectivity index (χ4v) is 3.64. The summed E-state index contributed by atoms with van der Waals surface area (Å²) in [7, 11) is 1.62. The molecule has 1 aliphatic rings. The van der Waals surface area contributed by atoms with Crippen LogP contribution in [-0.2, 0) is 16.0 Å². The molecule has 4 rings (SSSR count). The SMILES string of the molecule is CCOC(=O)C1=CN(C(=O)c2ccccc2)CCc2c1[nH]c1cc(OC)ccc21. The van der Waals surface area contributed by atoms with E-state index >= 15 is 0 Å². The first-order chi connectivity index (χ1) is 14.1. The van der Waals surface area contributed by atoms with Gasteiger partial charge < -0.3 is 19.4 Å². The predicted molar refractivity (Wildman–Crippen MR) is 111 cm³/mol. The van der Waals surface area contributed by atoms with Gasteiger partial charge in [-0.05, 0) is 43.2 Å². The van der Waals surface area contributed by atoms with Gasteiger partial charge in [0, 0.05) is 35.3 Å². The molecule has 2 aromatic carbocycles. The maximum absolute atomic E-state index is 13.0. The van der Waals surface area contributed by atoms with Crippen molar-refractivity contribution in [2.24, 2.45) is 0 Å². The second-order valence-corrected chi connectivity index (χ2v) is 6.77. The topological polar surface area (TPSA) is 71.6 Å². The van der Waals surface area contributed by atoms with Gasteiger partial charge in [0.2, 0.25) is 0 Å². The van der Waals surface area contributed by atoms with E-state index in [1.54, 1.807) is 37.3 Å². The number of rotatable bonds is 4. The molecule has 0 aliphatic carbocycles. The van der Waals surface area contributed by atoms with Crippen LogP contribution in [0.15, 0.2) is 54.7 Å². The summed E-state index contributed by atoms with van der Waals surface area (Å²) in [6.45, 7) is 2.48. The summed E-state index contributed by atoms with van der Waals surface area (Å²) >= 11 is 0. The molecule has 3 aromatic rings. The molecule has 148 valence electrons. The molecule has 1 aromatic heterocycles. The fraction of sp³-hybridized carbons (Fsp3) is 0.217. The number of amides is 1. The highest BCUT2D eigenvalue weighted by Gasteiger charge is 2.27. The summed E-state index contributed by atoms with van der Waals surface area (Å²) in [5.41, 5.74) is 3.48. The molecule has 2 heterocycles. The van der Waals surface area contributed by atoms with Crippen LogP contribution in [0.2, 0.25) is 0 Å². The number of hydrogen-bond donors (Lipinski definition) is 1. The van der Waals surface area contributed by atoms with Crippen LogP contribution in [0.3, 0.4) is 0 Å². The first-order valence-corrected chi connectivity index (χ1v) is 9.56. The van der Waals surface area contributed by atoms with Gasteiger partial charge >= 0.3 is 5.97 Å². The summed E-state index contributed by atoms with van der Waals surface area (Å²) < 4.78 is 10.6. The van der Waals surface area contributed by atoms with Crippen molar-refractivity contribution >= 4 is 28.4 Å². The highest BCUT2D eigenvalue weighted by Crippen LogP contribution is 2.33. The molecule has 1 N–H and O–H groups in total. The Morgan fingerprint density at radius 1 is 1.14 bits per heavy atom. The maximum atomic E-state index is 13.0. The van der Waals surface area contributed by atoms with Gasteiger partial charge in [0.15, 0.2) is 0 Å². The van der Waals surface area contributed by atoms with E-state index in [1.807, 2.05) is 36.4 Å². The van der Waals surface area contributed by atoms with Gasteiger partial charge in [-0.3, -0.25) is 4.79 Å². The van der Waals surface area contributed by atoms with Gasteiger partial charge in [0.05, 0.1) is 25.0 Å². The Kier molecular flexibility index (Phi) is 5.08. The average Bonchev–Trinajstić information content (AvgIpc) is 3.00. The Labute approximate surface area is 168 Å². The van der Waals surface area contributed by atoms with E-state index in [0.29, 0.717) is 29.8 Å². The third-order valence-electron chi connectivity index (χ3n) is 5.05. The number of esters is 1. The van der Waals surface area contributed by atoms with Gasteiger partial charge in [-0.2, -0.15) is 0 Å². The molecular formula is C23H22N2O4. The second-order valence-electron chi connectivity index (χ2n) is 6.77. The van der Waals surface area contributed by atoms with Crippen LogP contribution in [0.5, 0.6) is 5.75 Å². The normalized spacial score (nSPS) is 13.4. The van der Waals surface area contributed by atoms with Crippen LogP contribution in [0.4, 0.5) is 0 Å². The highest BCUT2D eigenvalue weighted by atomic mass is 16.5. The van der Waals surface area contributed by atoms with E-state index < -0.39 is 5.97 Å². The highest BCUT2D eigenvalue weighted by molar-refractivity contribution is 6.18. The summed E-state index contributed by atoms with van der Waals surface area (Å²) in [5.74, 6) is 0.125. The number of methoxy groups -OCH3 is 1. The summed E-state index contributed by atoms with van der Waals surface area (Å²) in [4.78, 5) is 30.7. The largest absolute Gasteiger partial charge is 0.497 e. The number of hydrogen-bond acceptors (Lipinski definition) is 4. The Balaban J connectivity index is 1.81. The molecule has 0 atom stereocenters. The average molecular weight is 390 g/mol. The standard InChI is InChI=1S/C23H22N2O4/c1-3-29-23(27)19-14-25(22(26)15-7-5-4-6-8-15)12-11-18-17-10-9-16(28-2)13-20(17)24-21(18)19/h4-10,13-14,24H,3,11-12H2,1-2H3. The van der Waals surface area contributed by atoms with E-state index in [1.165, 1.54) is 0 Å². The number of aromatic nitrogens is 1. The number of carbonyl (C=O) groups is 2. The van der Waals surface area contributed by atoms with Crippen molar-refractivity contribution in [1.82, 2.24) is 9.88 Å². The van der Waals surface area contributed by atoms with Crippen molar-refractivity contribution in [3.8, 4) is 5.75 Å². The number of benzene rings is 2. The number of ether oxygens (including phenoxy) is 2. The zero-order valence-corrected chi connectivity index (χ0v) is 16.4. The molecule has 0 unspecified atom stereocenters. The first kappa shape index (κ1) is 18.8. The Bertz CT molecular complexity index is 1100. The van der Waals surface area contributed by atoms with Crippen LogP contribution in [0, 0.1) is 0 Å². The van der Waals surface area contributed by atoms with Crippen LogP contribution in [0.25, 0.3) is 16.5 Å². The van der Waals surface area contributed by atoms with E-state index in [4.69, 9.17) is 9.47 Å². The zero-order valence-electron chi connectivity index (χ0n) is 16.4. The van der Waals surface area contributed by atoms with Gasteiger partial charge in [0.1, 0.15) is 5.75 Å². The Morgan fingerprint density at radius 3 is 2.66 bits per heavy atom. The number of H-pyrrole nitrogens is 1. The summed E-state index contributed by atoms with van der Waals surface area (Å²) in [6.07, 6.45) is 2.21. The quantitative estimate of drug-likeness (QED) is 0.688. The lowest BCUT2D eigenvalue weighted by Gasteiger charge is -2.17. The molecule has 1 amide bonds. The third-order valence-corrected chi connectivity index (χ3v) is 5.05. The zero-order chi connectivity index (χ0) is 20.4. The fourth-order valence-electron chi connectivity index (χ4n) is 3.64. The monoisotopic (exact) mass is 390 g/mol. The lowest BCUT2D eigenvalue weighted by atomic mass is 10.0. The van der Waals surface area contributed by atoms with Crippen molar-refractivity contribution in [3.63, 3.8) is 0 Å². The molecule has 0 spiro atoms. The van der Waals surface area contributed by atoms with Gasteiger partial charge in [-0.25, -0.2) is 4.79 Å². The Hall–Kier alpha value is -3.54. The van der Waals surface area contributed by atoms with Crippen LogP contribution in [-0.4, -0.2) is 42.0 Å². The Morgan fingerprint density at radius 2 is 1.93 bits per heavy atom. The lowest BCUT2D eigenvalue weighted by Crippen LogP contribution is -2.28. The molecule has 6 nitrogen and oxygen atoms in total. The smallest absolute Gasteiger partial charge is 0.341 e. The van der Waals surface area contributed by atoms with E-state index in [-0.39, 0.29) is 12.5 Å². The number of nitrogens with one attached hydrogen (secondary N) is 1. The number of nitrogens with zero attached hydrogens (tertiary/aromatic N) is 1. The van der Waals surface area contributed by atoms with Gasteiger partial charge in [-0.15, -0.1) is 0 Å². The predicted octanol–water partition coefficient (Wildman–Crippen LogP) is 3.78. The number of carbonyl (C=O) groups excluding carboxylic acids is 2. The van der Waals surface area contributed by atoms with Gasteiger partial charge in [0.25, 0.3) is 5.91 Å². The molecule has 6 heteroatoms. The molecule has 1 aliphatic heterocycles. The van der Waals surface area contributed by atoms with E-state index in [2.05, 4.69) is 4.98 Å². The molecule has 0 fully saturated rings. The van der Waals surface area contributed by atoms with Crippen LogP contribution >= 0.6 is 0 Å². The minimum absolute atomic E-state index is 0.150. The van der Waals surface area contributed by atoms with Crippen LogP contribution in [0.1, 0.15) is 28.5 Å². The number of aromatic amines is 1. The van der Waals surface area contributed by atoms with Crippen molar-refractivity contribution in [3.05, 3.63) is 71.6 Å². The molecule has 0 radical (unpaired) electrons. The molecule has 0 bridgehead atoms. The maximum Gasteiger partial charge on any atom is 0.341 e. The van der Waals surface area contributed by atoms with E-state index in [0.717, 1.165) is 22.2 Å². The van der Waals surface area contributed by atoms with Crippen LogP contribution < -0.4 is 4.74 Å². The lowest BCUT2D eigenvalue weighted by molar-refractivity contribution is -0.136. The van der Waals surface area contributed by atoms with Crippen molar-refractivity contribution in [1.29, 1.82) is 0 Å². The minimum Gasteiger partial charge on any atom is -0.497 e. The van der Waals surface area contributed by atoms with Crippen molar-refractivity contribution in [2.45, 2.75) is 13.3 Å². The molecule has 0 saturated heterocycles. The summed E-state index contributed by atoms with van der Waals surface area (Å²) in [6, 6.07) is 14.8. The summed E-state index contributed by atoms with van der Waals surface area (Å²) in [5, 5.41) is 1.00. The second kappa shape index (κ2) is 7.83. The molecule has 0 saturated carbocycles. The first-order valence-electron chi connectivity index (χ1n) is 9.56. The van der Waals surface area contributed by atoms with Gasteiger partial charge in [-0.1, -0.05) is 18.2 Å². The minimum atomic E-state index is -0.458. The molecular weight excluding hydrogens is 368 g/mol. The number of fused-ring (bicyclic) bond motifs is 3. The van der Waals surface area contributed by atoms with Crippen molar-refractivity contribution < 1.29 is 19.1 Å². The van der Waals surface area contributed by atoms with E-state index in [9.17, 15) is 9.59 Å². The third kappa shape index (κ3) is 3.49. The molecule has 29 heavy (non-hydrogen) atoms.